The molecule has 2 aromatic carbocycles. The lowest BCUT2D eigenvalue weighted by molar-refractivity contribution is -0.120. The van der Waals surface area contributed by atoms with Crippen molar-refractivity contribution in [3.8, 4) is 5.75 Å². The maximum absolute atomic E-state index is 12.6. The molecule has 1 aromatic heterocycles. The number of hydrogen-bond donors (Lipinski definition) is 0. The van der Waals surface area contributed by atoms with Crippen molar-refractivity contribution < 1.29 is 9.53 Å². The third-order valence-corrected chi connectivity index (χ3v) is 5.73. The Bertz CT molecular complexity index is 1010. The van der Waals surface area contributed by atoms with Crippen LogP contribution in [-0.4, -0.2) is 37.6 Å². The van der Waals surface area contributed by atoms with Gasteiger partial charge in [0.1, 0.15) is 17.1 Å². The van der Waals surface area contributed by atoms with Gasteiger partial charge in [-0.3, -0.25) is 4.79 Å². The van der Waals surface area contributed by atoms with E-state index >= 15 is 0 Å². The monoisotopic (exact) mass is 403 g/mol. The molecule has 5 heteroatoms. The van der Waals surface area contributed by atoms with Crippen LogP contribution in [0, 0.1) is 11.8 Å². The molecule has 1 fully saturated rings. The number of para-hydroxylation sites is 2. The number of benzene rings is 2. The average molecular weight is 404 g/mol. The van der Waals surface area contributed by atoms with E-state index in [1.807, 2.05) is 48.5 Å². The molecule has 0 N–H and O–H groups in total. The molecule has 0 aliphatic carbocycles. The third-order valence-electron chi connectivity index (χ3n) is 5.73. The number of amides is 1. The highest BCUT2D eigenvalue weighted by atomic mass is 16.5. The van der Waals surface area contributed by atoms with Gasteiger partial charge in [0.05, 0.1) is 0 Å². The second kappa shape index (κ2) is 8.74. The smallest absolute Gasteiger partial charge is 0.264 e. The minimum Gasteiger partial charge on any atom is -0.481 e. The third kappa shape index (κ3) is 4.40. The Hall–Kier alpha value is -3.08. The fourth-order valence-corrected chi connectivity index (χ4v) is 4.28. The summed E-state index contributed by atoms with van der Waals surface area (Å²) < 4.78 is 5.94. The number of rotatable bonds is 5. The number of fused-ring (bicyclic) bond motifs is 1. The minimum absolute atomic E-state index is 0.0335. The maximum Gasteiger partial charge on any atom is 0.264 e. The first-order valence-corrected chi connectivity index (χ1v) is 10.6. The highest BCUT2D eigenvalue weighted by Crippen LogP contribution is 2.30. The molecule has 0 spiro atoms. The Balaban J connectivity index is 1.53. The van der Waals surface area contributed by atoms with E-state index in [1.165, 1.54) is 6.42 Å². The second-order valence-corrected chi connectivity index (χ2v) is 8.43. The Morgan fingerprint density at radius 1 is 1.03 bits per heavy atom. The number of carbonyl (C=O) groups excluding carboxylic acids is 1. The molecule has 5 nitrogen and oxygen atoms in total. The fourth-order valence-electron chi connectivity index (χ4n) is 4.28. The summed E-state index contributed by atoms with van der Waals surface area (Å²) in [4.78, 5) is 21.5. The van der Waals surface area contributed by atoms with Crippen LogP contribution in [0.15, 0.2) is 60.7 Å². The molecule has 4 rings (SSSR count). The molecule has 1 amide bonds. The lowest BCUT2D eigenvalue weighted by Crippen LogP contribution is -2.39. The molecule has 30 heavy (non-hydrogen) atoms. The van der Waals surface area contributed by atoms with Gasteiger partial charge in [-0.05, 0) is 48.6 Å². The van der Waals surface area contributed by atoms with E-state index < -0.39 is 0 Å². The van der Waals surface area contributed by atoms with E-state index in [1.54, 1.807) is 11.9 Å². The zero-order valence-electron chi connectivity index (χ0n) is 17.9. The van der Waals surface area contributed by atoms with Crippen molar-refractivity contribution in [3.05, 3.63) is 60.7 Å². The predicted octanol–water partition coefficient (Wildman–Crippen LogP) is 4.76. The first-order chi connectivity index (χ1) is 14.5. The molecule has 0 bridgehead atoms. The lowest BCUT2D eigenvalue weighted by Gasteiger charge is -2.35. The summed E-state index contributed by atoms with van der Waals surface area (Å²) in [5, 5.41) is 1.01. The van der Waals surface area contributed by atoms with Gasteiger partial charge in [-0.2, -0.15) is 0 Å². The maximum atomic E-state index is 12.6. The number of pyridine rings is 1. The molecule has 0 radical (unpaired) electrons. The SMILES string of the molecule is CC1CC(C)CN(c2ccc3cccc(OCC(=O)N(C)c4ccccc4)c3n2)C1. The molecule has 2 heterocycles. The van der Waals surface area contributed by atoms with E-state index in [0.29, 0.717) is 17.6 Å². The second-order valence-electron chi connectivity index (χ2n) is 8.43. The summed E-state index contributed by atoms with van der Waals surface area (Å²) in [5.41, 5.74) is 1.65. The first kappa shape index (κ1) is 20.2. The largest absolute Gasteiger partial charge is 0.481 e. The molecule has 1 aliphatic heterocycles. The van der Waals surface area contributed by atoms with E-state index in [0.717, 1.165) is 35.5 Å². The van der Waals surface area contributed by atoms with Crippen molar-refractivity contribution in [2.45, 2.75) is 20.3 Å². The Morgan fingerprint density at radius 3 is 2.50 bits per heavy atom. The summed E-state index contributed by atoms with van der Waals surface area (Å²) in [6.07, 6.45) is 1.26. The van der Waals surface area contributed by atoms with Gasteiger partial charge in [0.15, 0.2) is 6.61 Å². The molecule has 1 aliphatic rings. The summed E-state index contributed by atoms with van der Waals surface area (Å²) >= 11 is 0. The standard InChI is InChI=1S/C25H29N3O2/c1-18-14-19(2)16-28(15-18)23-13-12-20-8-7-11-22(25(20)26-23)30-17-24(29)27(3)21-9-5-4-6-10-21/h4-13,18-19H,14-17H2,1-3H3. The van der Waals surface area contributed by atoms with Crippen LogP contribution in [0.4, 0.5) is 11.5 Å². The zero-order valence-corrected chi connectivity index (χ0v) is 17.9. The quantitative estimate of drug-likeness (QED) is 0.616. The number of nitrogens with zero attached hydrogens (tertiary/aromatic N) is 3. The summed E-state index contributed by atoms with van der Waals surface area (Å²) in [7, 11) is 1.76. The zero-order chi connectivity index (χ0) is 21.1. The summed E-state index contributed by atoms with van der Waals surface area (Å²) in [5.74, 6) is 2.83. The number of ether oxygens (including phenoxy) is 1. The van der Waals surface area contributed by atoms with Crippen LogP contribution < -0.4 is 14.5 Å². The van der Waals surface area contributed by atoms with Gasteiger partial charge in [0.25, 0.3) is 5.91 Å². The van der Waals surface area contributed by atoms with Gasteiger partial charge in [-0.15, -0.1) is 0 Å². The van der Waals surface area contributed by atoms with Crippen LogP contribution in [-0.2, 0) is 4.79 Å². The number of aromatic nitrogens is 1. The van der Waals surface area contributed by atoms with Crippen molar-refractivity contribution in [2.75, 3.05) is 36.5 Å². The molecule has 3 aromatic rings. The van der Waals surface area contributed by atoms with Crippen molar-refractivity contribution in [1.29, 1.82) is 0 Å². The average Bonchev–Trinajstić information content (AvgIpc) is 2.76. The van der Waals surface area contributed by atoms with Gasteiger partial charge in [-0.1, -0.05) is 44.2 Å². The Labute approximate surface area is 178 Å². The van der Waals surface area contributed by atoms with Gasteiger partial charge < -0.3 is 14.5 Å². The topological polar surface area (TPSA) is 45.7 Å². The number of anilines is 2. The number of hydrogen-bond acceptors (Lipinski definition) is 4. The molecule has 2 unspecified atom stereocenters. The molecular weight excluding hydrogens is 374 g/mol. The number of piperidine rings is 1. The first-order valence-electron chi connectivity index (χ1n) is 10.6. The molecule has 1 saturated heterocycles. The molecule has 0 saturated carbocycles. The fraction of sp³-hybridized carbons (Fsp3) is 0.360. The van der Waals surface area contributed by atoms with E-state index in [9.17, 15) is 4.79 Å². The van der Waals surface area contributed by atoms with Gasteiger partial charge in [0, 0.05) is 31.2 Å². The van der Waals surface area contributed by atoms with Crippen LogP contribution in [0.2, 0.25) is 0 Å². The molecule has 2 atom stereocenters. The number of likely N-dealkylation sites (N-methyl/N-ethyl adjacent to an activating group) is 1. The Morgan fingerprint density at radius 2 is 1.77 bits per heavy atom. The highest BCUT2D eigenvalue weighted by Gasteiger charge is 2.23. The van der Waals surface area contributed by atoms with Gasteiger partial charge >= 0.3 is 0 Å². The van der Waals surface area contributed by atoms with Gasteiger partial charge in [-0.25, -0.2) is 4.98 Å². The minimum atomic E-state index is -0.104. The summed E-state index contributed by atoms with van der Waals surface area (Å²) in [6.45, 7) is 6.60. The predicted molar refractivity (Wildman–Crippen MR) is 122 cm³/mol. The van der Waals surface area contributed by atoms with Gasteiger partial charge in [0.2, 0.25) is 0 Å². The van der Waals surface area contributed by atoms with Crippen molar-refractivity contribution in [2.24, 2.45) is 11.8 Å². The normalized spacial score (nSPS) is 19.0. The van der Waals surface area contributed by atoms with E-state index in [2.05, 4.69) is 30.9 Å². The summed E-state index contributed by atoms with van der Waals surface area (Å²) in [6, 6.07) is 19.6. The number of carbonyl (C=O) groups is 1. The van der Waals surface area contributed by atoms with Crippen LogP contribution in [0.25, 0.3) is 10.9 Å². The van der Waals surface area contributed by atoms with Crippen LogP contribution in [0.1, 0.15) is 20.3 Å². The van der Waals surface area contributed by atoms with E-state index in [4.69, 9.17) is 9.72 Å². The van der Waals surface area contributed by atoms with Crippen molar-refractivity contribution in [1.82, 2.24) is 4.98 Å². The van der Waals surface area contributed by atoms with Crippen LogP contribution in [0.5, 0.6) is 5.75 Å². The van der Waals surface area contributed by atoms with Crippen LogP contribution >= 0.6 is 0 Å². The molecule has 156 valence electrons. The highest BCUT2D eigenvalue weighted by molar-refractivity contribution is 5.94. The lowest BCUT2D eigenvalue weighted by atomic mass is 9.92. The molecular formula is C25H29N3O2. The van der Waals surface area contributed by atoms with Crippen LogP contribution in [0.3, 0.4) is 0 Å². The Kier molecular flexibility index (Phi) is 5.88. The van der Waals surface area contributed by atoms with E-state index in [-0.39, 0.29) is 12.5 Å². The van der Waals surface area contributed by atoms with Crippen molar-refractivity contribution in [3.63, 3.8) is 0 Å². The van der Waals surface area contributed by atoms with Crippen molar-refractivity contribution >= 4 is 28.3 Å².